The molecule has 0 saturated carbocycles. The van der Waals surface area contributed by atoms with Crippen LogP contribution in [0.4, 0.5) is 0 Å². The van der Waals surface area contributed by atoms with Gasteiger partial charge < -0.3 is 24.9 Å². The molecule has 0 radical (unpaired) electrons. The van der Waals surface area contributed by atoms with Crippen LogP contribution in [-0.2, 0) is 22.6 Å². The first-order chi connectivity index (χ1) is 11.9. The van der Waals surface area contributed by atoms with Crippen molar-refractivity contribution < 1.29 is 24.2 Å². The monoisotopic (exact) mass is 346 g/mol. The van der Waals surface area contributed by atoms with Crippen LogP contribution in [0.3, 0.4) is 0 Å². The molecule has 2 N–H and O–H groups in total. The highest BCUT2D eigenvalue weighted by Gasteiger charge is 2.42. The zero-order valence-electron chi connectivity index (χ0n) is 14.4. The molecule has 2 amide bonds. The number of likely N-dealkylation sites (N-methyl/N-ethyl adjacent to an activating group) is 1. The van der Waals surface area contributed by atoms with E-state index in [1.54, 1.807) is 12.1 Å². The summed E-state index contributed by atoms with van der Waals surface area (Å²) in [6.07, 6.45) is 1.77. The van der Waals surface area contributed by atoms with E-state index >= 15 is 0 Å². The van der Waals surface area contributed by atoms with Crippen molar-refractivity contribution in [3.8, 4) is 5.75 Å². The summed E-state index contributed by atoms with van der Waals surface area (Å²) in [5.41, 5.74) is 1.63. The second-order valence-electron chi connectivity index (χ2n) is 6.76. The lowest BCUT2D eigenvalue weighted by atomic mass is 9.95. The minimum absolute atomic E-state index is 0.117. The summed E-state index contributed by atoms with van der Waals surface area (Å²) in [6, 6.07) is 2.77. The smallest absolute Gasteiger partial charge is 0.255 e. The number of hydrogen-bond acceptors (Lipinski definition) is 5. The van der Waals surface area contributed by atoms with E-state index in [0.717, 1.165) is 17.4 Å². The van der Waals surface area contributed by atoms with Gasteiger partial charge in [0.15, 0.2) is 0 Å². The summed E-state index contributed by atoms with van der Waals surface area (Å²) in [5.74, 6) is 0.181. The number of fused-ring (bicyclic) bond motifs is 3. The second-order valence-corrected chi connectivity index (χ2v) is 6.76. The van der Waals surface area contributed by atoms with Gasteiger partial charge >= 0.3 is 0 Å². The number of benzene rings is 1. The predicted molar refractivity (Wildman–Crippen MR) is 89.3 cm³/mol. The number of rotatable bonds is 6. The number of carbonyl (C=O) groups is 3. The van der Waals surface area contributed by atoms with Crippen molar-refractivity contribution in [1.29, 1.82) is 0 Å². The summed E-state index contributed by atoms with van der Waals surface area (Å²) in [7, 11) is 1.52. The van der Waals surface area contributed by atoms with Gasteiger partial charge in [-0.05, 0) is 31.0 Å². The molecular formula is C18H22N2O5. The SMILES string of the molecule is CNC(=O)C(CCC=O)N1Cc2c(ccc3c2CC(C)(CO)O3)C1=O. The van der Waals surface area contributed by atoms with Gasteiger partial charge in [0.25, 0.3) is 5.91 Å². The van der Waals surface area contributed by atoms with E-state index in [0.29, 0.717) is 24.3 Å². The third kappa shape index (κ3) is 2.89. The van der Waals surface area contributed by atoms with Gasteiger partial charge in [0, 0.05) is 37.6 Å². The third-order valence-corrected chi connectivity index (χ3v) is 4.93. The van der Waals surface area contributed by atoms with E-state index in [2.05, 4.69) is 5.32 Å². The lowest BCUT2D eigenvalue weighted by molar-refractivity contribution is -0.125. The molecule has 2 aliphatic heterocycles. The molecule has 1 aromatic rings. The molecule has 2 heterocycles. The average Bonchev–Trinajstić information content (AvgIpc) is 3.13. The van der Waals surface area contributed by atoms with Gasteiger partial charge in [0.05, 0.1) is 6.61 Å². The van der Waals surface area contributed by atoms with Crippen LogP contribution in [0, 0.1) is 0 Å². The maximum atomic E-state index is 12.8. The molecule has 1 aromatic carbocycles. The molecule has 0 spiro atoms. The molecule has 2 unspecified atom stereocenters. The van der Waals surface area contributed by atoms with Crippen LogP contribution in [0.2, 0.25) is 0 Å². The first-order valence-electron chi connectivity index (χ1n) is 8.35. The van der Waals surface area contributed by atoms with Crippen LogP contribution in [0.1, 0.15) is 41.3 Å². The quantitative estimate of drug-likeness (QED) is 0.728. The van der Waals surface area contributed by atoms with E-state index in [1.165, 1.54) is 11.9 Å². The number of aliphatic hydroxyl groups is 1. The molecule has 2 aliphatic rings. The van der Waals surface area contributed by atoms with Crippen LogP contribution in [0.15, 0.2) is 12.1 Å². The Morgan fingerprint density at radius 3 is 2.88 bits per heavy atom. The van der Waals surface area contributed by atoms with Crippen molar-refractivity contribution in [3.63, 3.8) is 0 Å². The van der Waals surface area contributed by atoms with Crippen LogP contribution in [-0.4, -0.2) is 53.4 Å². The Morgan fingerprint density at radius 1 is 1.48 bits per heavy atom. The minimum Gasteiger partial charge on any atom is -0.485 e. The standard InChI is InChI=1S/C18H22N2O5/c1-18(10-22)8-12-13-9-20(14(4-3-7-21)16(23)19-2)17(24)11(13)5-6-15(12)25-18/h5-7,14,22H,3-4,8-10H2,1-2H3,(H,19,23). The Bertz CT molecular complexity index is 732. The van der Waals surface area contributed by atoms with Crippen LogP contribution < -0.4 is 10.1 Å². The molecule has 7 nitrogen and oxygen atoms in total. The third-order valence-electron chi connectivity index (χ3n) is 4.93. The Hall–Kier alpha value is -2.41. The molecule has 0 aliphatic carbocycles. The van der Waals surface area contributed by atoms with Gasteiger partial charge in [0.2, 0.25) is 5.91 Å². The number of nitrogens with zero attached hydrogens (tertiary/aromatic N) is 1. The topological polar surface area (TPSA) is 95.9 Å². The predicted octanol–water partition coefficient (Wildman–Crippen LogP) is 0.422. The summed E-state index contributed by atoms with van der Waals surface area (Å²) < 4.78 is 5.83. The number of hydrogen-bond donors (Lipinski definition) is 2. The molecule has 134 valence electrons. The first kappa shape index (κ1) is 17.4. The van der Waals surface area contributed by atoms with Crippen molar-refractivity contribution in [3.05, 3.63) is 28.8 Å². The molecule has 0 bridgehead atoms. The molecule has 2 atom stereocenters. The van der Waals surface area contributed by atoms with Crippen molar-refractivity contribution in [2.75, 3.05) is 13.7 Å². The van der Waals surface area contributed by atoms with Crippen LogP contribution in [0.25, 0.3) is 0 Å². The number of nitrogens with one attached hydrogen (secondary N) is 1. The van der Waals surface area contributed by atoms with Gasteiger partial charge in [-0.25, -0.2) is 0 Å². The fourth-order valence-electron chi connectivity index (χ4n) is 3.58. The fourth-order valence-corrected chi connectivity index (χ4v) is 3.58. The zero-order valence-corrected chi connectivity index (χ0v) is 14.4. The summed E-state index contributed by atoms with van der Waals surface area (Å²) in [4.78, 5) is 37.3. The number of ether oxygens (including phenoxy) is 1. The summed E-state index contributed by atoms with van der Waals surface area (Å²) >= 11 is 0. The second kappa shape index (κ2) is 6.48. The van der Waals surface area contributed by atoms with Crippen LogP contribution >= 0.6 is 0 Å². The normalized spacial score (nSPS) is 22.2. The number of aliphatic hydroxyl groups excluding tert-OH is 1. The van der Waals surface area contributed by atoms with E-state index in [1.807, 2.05) is 6.92 Å². The fraction of sp³-hybridized carbons (Fsp3) is 0.500. The average molecular weight is 346 g/mol. The van der Waals surface area contributed by atoms with Crippen molar-refractivity contribution in [2.45, 2.75) is 44.4 Å². The van der Waals surface area contributed by atoms with Gasteiger partial charge in [-0.1, -0.05) is 0 Å². The molecule has 25 heavy (non-hydrogen) atoms. The lowest BCUT2D eigenvalue weighted by Crippen LogP contribution is -2.46. The Kier molecular flexibility index (Phi) is 4.51. The highest BCUT2D eigenvalue weighted by molar-refractivity contribution is 6.01. The Labute approximate surface area is 146 Å². The van der Waals surface area contributed by atoms with E-state index in [9.17, 15) is 19.5 Å². The number of carbonyl (C=O) groups excluding carboxylic acids is 3. The summed E-state index contributed by atoms with van der Waals surface area (Å²) in [5, 5.41) is 12.1. The number of amides is 2. The van der Waals surface area contributed by atoms with Gasteiger partial charge in [0.1, 0.15) is 23.7 Å². The van der Waals surface area contributed by atoms with Gasteiger partial charge in [-0.3, -0.25) is 9.59 Å². The molecule has 0 saturated heterocycles. The van der Waals surface area contributed by atoms with Crippen molar-refractivity contribution >= 4 is 18.1 Å². The molecule has 0 fully saturated rings. The van der Waals surface area contributed by atoms with E-state index in [4.69, 9.17) is 4.74 Å². The summed E-state index contributed by atoms with van der Waals surface area (Å²) in [6.45, 7) is 2.01. The molecule has 0 aromatic heterocycles. The van der Waals surface area contributed by atoms with Crippen molar-refractivity contribution in [1.82, 2.24) is 10.2 Å². The van der Waals surface area contributed by atoms with E-state index in [-0.39, 0.29) is 31.3 Å². The van der Waals surface area contributed by atoms with Crippen LogP contribution in [0.5, 0.6) is 5.75 Å². The Balaban J connectivity index is 1.92. The highest BCUT2D eigenvalue weighted by Crippen LogP contribution is 2.41. The maximum Gasteiger partial charge on any atom is 0.255 e. The first-order valence-corrected chi connectivity index (χ1v) is 8.35. The Morgan fingerprint density at radius 2 is 2.24 bits per heavy atom. The minimum atomic E-state index is -0.689. The maximum absolute atomic E-state index is 12.8. The molecular weight excluding hydrogens is 324 g/mol. The number of aldehydes is 1. The van der Waals surface area contributed by atoms with E-state index < -0.39 is 11.6 Å². The molecule has 7 heteroatoms. The van der Waals surface area contributed by atoms with Gasteiger partial charge in [-0.15, -0.1) is 0 Å². The zero-order chi connectivity index (χ0) is 18.2. The van der Waals surface area contributed by atoms with Gasteiger partial charge in [-0.2, -0.15) is 0 Å². The largest absolute Gasteiger partial charge is 0.485 e. The molecule has 3 rings (SSSR count). The van der Waals surface area contributed by atoms with Crippen molar-refractivity contribution in [2.24, 2.45) is 0 Å². The lowest BCUT2D eigenvalue weighted by Gasteiger charge is -2.25. The highest BCUT2D eigenvalue weighted by atomic mass is 16.5.